The SMILES string of the molecule is CCN(Cc1cccnc1NN)c1ccc(F)cc1. The first-order chi connectivity index (χ1) is 9.24. The monoisotopic (exact) mass is 260 g/mol. The minimum absolute atomic E-state index is 0.231. The molecule has 0 fully saturated rings. The molecule has 1 heterocycles. The molecule has 4 nitrogen and oxygen atoms in total. The molecule has 0 unspecified atom stereocenters. The van der Waals surface area contributed by atoms with E-state index in [0.29, 0.717) is 12.4 Å². The maximum atomic E-state index is 12.9. The molecule has 0 atom stereocenters. The topological polar surface area (TPSA) is 54.2 Å². The molecule has 0 amide bonds. The Morgan fingerprint density at radius 2 is 2.00 bits per heavy atom. The van der Waals surface area contributed by atoms with Gasteiger partial charge in [-0.3, -0.25) is 0 Å². The first kappa shape index (κ1) is 13.3. The van der Waals surface area contributed by atoms with Crippen LogP contribution in [0.25, 0.3) is 0 Å². The van der Waals surface area contributed by atoms with Crippen LogP contribution in [0.2, 0.25) is 0 Å². The lowest BCUT2D eigenvalue weighted by atomic mass is 10.2. The van der Waals surface area contributed by atoms with Crippen LogP contribution < -0.4 is 16.2 Å². The van der Waals surface area contributed by atoms with Crippen molar-refractivity contribution in [3.05, 3.63) is 54.0 Å². The number of halogens is 1. The molecule has 0 aliphatic carbocycles. The maximum Gasteiger partial charge on any atom is 0.144 e. The van der Waals surface area contributed by atoms with Gasteiger partial charge in [-0.05, 0) is 37.3 Å². The lowest BCUT2D eigenvalue weighted by Crippen LogP contribution is -2.23. The number of hydrogen-bond donors (Lipinski definition) is 2. The van der Waals surface area contributed by atoms with Crippen molar-refractivity contribution in [3.8, 4) is 0 Å². The van der Waals surface area contributed by atoms with E-state index >= 15 is 0 Å². The average Bonchev–Trinajstić information content (AvgIpc) is 2.46. The molecule has 1 aromatic heterocycles. The highest BCUT2D eigenvalue weighted by atomic mass is 19.1. The van der Waals surface area contributed by atoms with E-state index in [1.165, 1.54) is 12.1 Å². The Balaban J connectivity index is 2.21. The van der Waals surface area contributed by atoms with Crippen LogP contribution in [0.15, 0.2) is 42.6 Å². The summed E-state index contributed by atoms with van der Waals surface area (Å²) < 4.78 is 12.9. The number of pyridine rings is 1. The first-order valence-electron chi connectivity index (χ1n) is 6.15. The second-order valence-corrected chi connectivity index (χ2v) is 4.15. The summed E-state index contributed by atoms with van der Waals surface area (Å²) in [5, 5.41) is 0. The van der Waals surface area contributed by atoms with Crippen LogP contribution >= 0.6 is 0 Å². The maximum absolute atomic E-state index is 12.9. The van der Waals surface area contributed by atoms with Crippen LogP contribution in [0, 0.1) is 5.82 Å². The summed E-state index contributed by atoms with van der Waals surface area (Å²) in [7, 11) is 0. The van der Waals surface area contributed by atoms with Crippen LogP contribution in [-0.4, -0.2) is 11.5 Å². The Morgan fingerprint density at radius 3 is 2.63 bits per heavy atom. The van der Waals surface area contributed by atoms with E-state index in [2.05, 4.69) is 22.2 Å². The minimum Gasteiger partial charge on any atom is -0.367 e. The van der Waals surface area contributed by atoms with E-state index in [0.717, 1.165) is 17.8 Å². The molecule has 0 radical (unpaired) electrons. The van der Waals surface area contributed by atoms with Crippen molar-refractivity contribution in [2.24, 2.45) is 5.84 Å². The molecular weight excluding hydrogens is 243 g/mol. The average molecular weight is 260 g/mol. The summed E-state index contributed by atoms with van der Waals surface area (Å²) in [5.41, 5.74) is 4.55. The van der Waals surface area contributed by atoms with Gasteiger partial charge in [0.1, 0.15) is 11.6 Å². The van der Waals surface area contributed by atoms with E-state index in [1.54, 1.807) is 18.3 Å². The number of nitrogen functional groups attached to an aromatic ring is 1. The Morgan fingerprint density at radius 1 is 1.26 bits per heavy atom. The van der Waals surface area contributed by atoms with E-state index < -0.39 is 0 Å². The number of rotatable bonds is 5. The molecule has 0 aliphatic heterocycles. The van der Waals surface area contributed by atoms with Gasteiger partial charge in [0, 0.05) is 30.5 Å². The van der Waals surface area contributed by atoms with Crippen molar-refractivity contribution in [1.29, 1.82) is 0 Å². The fraction of sp³-hybridized carbons (Fsp3) is 0.214. The predicted molar refractivity (Wildman–Crippen MR) is 75.2 cm³/mol. The van der Waals surface area contributed by atoms with Crippen molar-refractivity contribution in [2.45, 2.75) is 13.5 Å². The summed E-state index contributed by atoms with van der Waals surface area (Å²) in [6.07, 6.45) is 1.69. The van der Waals surface area contributed by atoms with Gasteiger partial charge in [-0.2, -0.15) is 0 Å². The minimum atomic E-state index is -0.231. The molecule has 5 heteroatoms. The van der Waals surface area contributed by atoms with Crippen LogP contribution in [0.4, 0.5) is 15.9 Å². The highest BCUT2D eigenvalue weighted by molar-refractivity contribution is 5.50. The molecule has 0 aliphatic rings. The summed E-state index contributed by atoms with van der Waals surface area (Å²) in [6, 6.07) is 10.3. The van der Waals surface area contributed by atoms with Gasteiger partial charge in [0.15, 0.2) is 0 Å². The number of anilines is 2. The molecular formula is C14H17FN4. The van der Waals surface area contributed by atoms with E-state index in [9.17, 15) is 4.39 Å². The molecule has 0 spiro atoms. The molecule has 100 valence electrons. The lowest BCUT2D eigenvalue weighted by Gasteiger charge is -2.24. The Hall–Kier alpha value is -2.14. The van der Waals surface area contributed by atoms with Crippen LogP contribution in [-0.2, 0) is 6.54 Å². The summed E-state index contributed by atoms with van der Waals surface area (Å²) >= 11 is 0. The lowest BCUT2D eigenvalue weighted by molar-refractivity contribution is 0.627. The van der Waals surface area contributed by atoms with Gasteiger partial charge >= 0.3 is 0 Å². The second-order valence-electron chi connectivity index (χ2n) is 4.15. The van der Waals surface area contributed by atoms with Crippen molar-refractivity contribution in [1.82, 2.24) is 4.98 Å². The van der Waals surface area contributed by atoms with Crippen LogP contribution in [0.5, 0.6) is 0 Å². The Kier molecular flexibility index (Phi) is 4.30. The normalized spacial score (nSPS) is 10.3. The third kappa shape index (κ3) is 3.20. The molecule has 2 aromatic rings. The van der Waals surface area contributed by atoms with E-state index in [-0.39, 0.29) is 5.82 Å². The summed E-state index contributed by atoms with van der Waals surface area (Å²) in [5.74, 6) is 5.87. The van der Waals surface area contributed by atoms with Gasteiger partial charge in [-0.15, -0.1) is 0 Å². The van der Waals surface area contributed by atoms with Gasteiger partial charge in [0.05, 0.1) is 0 Å². The largest absolute Gasteiger partial charge is 0.367 e. The highest BCUT2D eigenvalue weighted by Crippen LogP contribution is 2.20. The van der Waals surface area contributed by atoms with E-state index in [1.807, 2.05) is 12.1 Å². The quantitative estimate of drug-likeness (QED) is 0.640. The zero-order chi connectivity index (χ0) is 13.7. The molecule has 0 saturated carbocycles. The van der Waals surface area contributed by atoms with Gasteiger partial charge < -0.3 is 10.3 Å². The third-order valence-corrected chi connectivity index (χ3v) is 2.96. The smallest absolute Gasteiger partial charge is 0.144 e. The highest BCUT2D eigenvalue weighted by Gasteiger charge is 2.09. The van der Waals surface area contributed by atoms with Crippen LogP contribution in [0.1, 0.15) is 12.5 Å². The third-order valence-electron chi connectivity index (χ3n) is 2.96. The number of nitrogens with zero attached hydrogens (tertiary/aromatic N) is 2. The number of nitrogens with one attached hydrogen (secondary N) is 1. The van der Waals surface area contributed by atoms with Gasteiger partial charge in [-0.1, -0.05) is 6.07 Å². The number of hydrazine groups is 1. The molecule has 19 heavy (non-hydrogen) atoms. The molecule has 1 aromatic carbocycles. The van der Waals surface area contributed by atoms with Crippen molar-refractivity contribution < 1.29 is 4.39 Å². The van der Waals surface area contributed by atoms with Crippen molar-refractivity contribution >= 4 is 11.5 Å². The molecule has 2 rings (SSSR count). The zero-order valence-corrected chi connectivity index (χ0v) is 10.8. The van der Waals surface area contributed by atoms with Crippen molar-refractivity contribution in [2.75, 3.05) is 16.9 Å². The fourth-order valence-electron chi connectivity index (χ4n) is 1.94. The van der Waals surface area contributed by atoms with Gasteiger partial charge in [0.2, 0.25) is 0 Å². The number of nitrogens with two attached hydrogens (primary N) is 1. The number of aromatic nitrogens is 1. The number of benzene rings is 1. The van der Waals surface area contributed by atoms with Crippen LogP contribution in [0.3, 0.4) is 0 Å². The van der Waals surface area contributed by atoms with Gasteiger partial charge in [0.25, 0.3) is 0 Å². The molecule has 0 bridgehead atoms. The van der Waals surface area contributed by atoms with Gasteiger partial charge in [-0.25, -0.2) is 15.2 Å². The fourth-order valence-corrected chi connectivity index (χ4v) is 1.94. The Labute approximate surface area is 112 Å². The summed E-state index contributed by atoms with van der Waals surface area (Å²) in [4.78, 5) is 6.29. The van der Waals surface area contributed by atoms with E-state index in [4.69, 9.17) is 5.84 Å². The first-order valence-corrected chi connectivity index (χ1v) is 6.15. The summed E-state index contributed by atoms with van der Waals surface area (Å²) in [6.45, 7) is 3.52. The molecule has 0 saturated heterocycles. The Bertz CT molecular complexity index is 527. The molecule has 3 N–H and O–H groups in total. The number of hydrogen-bond acceptors (Lipinski definition) is 4. The zero-order valence-electron chi connectivity index (χ0n) is 10.8. The van der Waals surface area contributed by atoms with Crippen molar-refractivity contribution in [3.63, 3.8) is 0 Å². The second kappa shape index (κ2) is 6.15. The predicted octanol–water partition coefficient (Wildman–Crippen LogP) is 2.53. The standard InChI is InChI=1S/C14H17FN4/c1-2-19(13-7-5-12(15)6-8-13)10-11-4-3-9-17-14(11)18-16/h3-9H,2,10,16H2,1H3,(H,17,18).